The van der Waals surface area contributed by atoms with Gasteiger partial charge in [0.15, 0.2) is 17.6 Å². The Morgan fingerprint density at radius 2 is 2.00 bits per heavy atom. The van der Waals surface area contributed by atoms with Gasteiger partial charge in [0.2, 0.25) is 0 Å². The fraction of sp³-hybridized carbons (Fsp3) is 0.500. The van der Waals surface area contributed by atoms with E-state index < -0.39 is 12.1 Å². The Kier molecular flexibility index (Phi) is 7.88. The average Bonchev–Trinajstić information content (AvgIpc) is 2.53. The number of carbonyl (C=O) groups is 2. The van der Waals surface area contributed by atoms with Gasteiger partial charge in [-0.1, -0.05) is 6.92 Å². The van der Waals surface area contributed by atoms with Crippen LogP contribution >= 0.6 is 15.9 Å². The van der Waals surface area contributed by atoms with Crippen LogP contribution in [0.1, 0.15) is 37.6 Å². The van der Waals surface area contributed by atoms with Crippen molar-refractivity contribution >= 4 is 27.8 Å². The molecule has 1 amide bonds. The van der Waals surface area contributed by atoms with Gasteiger partial charge in [-0.3, -0.25) is 4.79 Å². The van der Waals surface area contributed by atoms with Gasteiger partial charge in [0.1, 0.15) is 0 Å². The van der Waals surface area contributed by atoms with E-state index in [1.807, 2.05) is 13.8 Å². The summed E-state index contributed by atoms with van der Waals surface area (Å²) in [5, 5.41) is 2.68. The molecule has 0 spiro atoms. The largest absolute Gasteiger partial charge is 0.493 e. The maximum Gasteiger partial charge on any atom is 0.339 e. The van der Waals surface area contributed by atoms with Crippen LogP contribution in [0.3, 0.4) is 0 Å². The molecule has 0 aromatic heterocycles. The van der Waals surface area contributed by atoms with Crippen LogP contribution in [0.2, 0.25) is 0 Å². The summed E-state index contributed by atoms with van der Waals surface area (Å²) >= 11 is 3.35. The summed E-state index contributed by atoms with van der Waals surface area (Å²) in [4.78, 5) is 24.0. The predicted octanol–water partition coefficient (Wildman–Crippen LogP) is 2.93. The Morgan fingerprint density at radius 3 is 2.57 bits per heavy atom. The first kappa shape index (κ1) is 19.3. The highest BCUT2D eigenvalue weighted by Crippen LogP contribution is 2.36. The molecule has 23 heavy (non-hydrogen) atoms. The van der Waals surface area contributed by atoms with Crippen LogP contribution in [0.5, 0.6) is 11.5 Å². The lowest BCUT2D eigenvalue weighted by atomic mass is 10.2. The van der Waals surface area contributed by atoms with Gasteiger partial charge in [-0.05, 0) is 48.3 Å². The molecule has 6 nitrogen and oxygen atoms in total. The fourth-order valence-electron chi connectivity index (χ4n) is 1.80. The molecule has 0 aliphatic rings. The van der Waals surface area contributed by atoms with Gasteiger partial charge in [-0.2, -0.15) is 0 Å². The van der Waals surface area contributed by atoms with E-state index in [1.54, 1.807) is 6.07 Å². The van der Waals surface area contributed by atoms with E-state index in [-0.39, 0.29) is 11.5 Å². The van der Waals surface area contributed by atoms with E-state index in [0.29, 0.717) is 29.1 Å². The minimum absolute atomic E-state index is 0.271. The maximum atomic E-state index is 12.2. The molecule has 128 valence electrons. The van der Waals surface area contributed by atoms with Gasteiger partial charge in [-0.15, -0.1) is 0 Å². The molecule has 0 fully saturated rings. The molecule has 0 radical (unpaired) electrons. The second kappa shape index (κ2) is 9.39. The molecular formula is C16H22BrNO5. The summed E-state index contributed by atoms with van der Waals surface area (Å²) in [5.74, 6) is -0.0000796. The van der Waals surface area contributed by atoms with Crippen molar-refractivity contribution in [3.8, 4) is 11.5 Å². The summed E-state index contributed by atoms with van der Waals surface area (Å²) in [5.41, 5.74) is 0.271. The number of halogens is 1. The first-order chi connectivity index (χ1) is 10.9. The smallest absolute Gasteiger partial charge is 0.339 e. The van der Waals surface area contributed by atoms with Crippen molar-refractivity contribution in [1.29, 1.82) is 0 Å². The molecule has 0 aliphatic carbocycles. The number of hydrogen-bond acceptors (Lipinski definition) is 5. The first-order valence-corrected chi connectivity index (χ1v) is 8.22. The number of nitrogens with one attached hydrogen (secondary N) is 1. The van der Waals surface area contributed by atoms with Gasteiger partial charge in [0, 0.05) is 6.54 Å². The quantitative estimate of drug-likeness (QED) is 0.694. The number of methoxy groups -OCH3 is 1. The maximum absolute atomic E-state index is 12.2. The molecule has 7 heteroatoms. The van der Waals surface area contributed by atoms with Crippen molar-refractivity contribution in [2.75, 3.05) is 20.3 Å². The highest BCUT2D eigenvalue weighted by atomic mass is 79.9. The van der Waals surface area contributed by atoms with Crippen LogP contribution in [0.15, 0.2) is 16.6 Å². The molecular weight excluding hydrogens is 366 g/mol. The zero-order valence-electron chi connectivity index (χ0n) is 13.8. The molecule has 0 saturated carbocycles. The van der Waals surface area contributed by atoms with Crippen LogP contribution in [-0.2, 0) is 9.53 Å². The zero-order valence-corrected chi connectivity index (χ0v) is 15.4. The van der Waals surface area contributed by atoms with Crippen molar-refractivity contribution in [3.63, 3.8) is 0 Å². The lowest BCUT2D eigenvalue weighted by Crippen LogP contribution is -2.36. The van der Waals surface area contributed by atoms with E-state index >= 15 is 0 Å². The number of benzene rings is 1. The van der Waals surface area contributed by atoms with E-state index in [4.69, 9.17) is 14.2 Å². The van der Waals surface area contributed by atoms with Gasteiger partial charge < -0.3 is 19.5 Å². The normalized spacial score (nSPS) is 11.5. The van der Waals surface area contributed by atoms with Crippen molar-refractivity contribution in [2.45, 2.75) is 33.3 Å². The Hall–Kier alpha value is -1.76. The van der Waals surface area contributed by atoms with Crippen LogP contribution < -0.4 is 14.8 Å². The molecule has 1 rings (SSSR count). The van der Waals surface area contributed by atoms with Crippen molar-refractivity contribution in [3.05, 3.63) is 22.2 Å². The van der Waals surface area contributed by atoms with Crippen LogP contribution in [0.25, 0.3) is 0 Å². The van der Waals surface area contributed by atoms with E-state index in [9.17, 15) is 9.59 Å². The fourth-order valence-corrected chi connectivity index (χ4v) is 2.35. The lowest BCUT2D eigenvalue weighted by molar-refractivity contribution is -0.129. The molecule has 0 bridgehead atoms. The minimum Gasteiger partial charge on any atom is -0.493 e. The first-order valence-electron chi connectivity index (χ1n) is 7.43. The Morgan fingerprint density at radius 1 is 1.30 bits per heavy atom. The highest BCUT2D eigenvalue weighted by molar-refractivity contribution is 9.10. The Balaban J connectivity index is 2.87. The van der Waals surface area contributed by atoms with Crippen LogP contribution in [0.4, 0.5) is 0 Å². The standard InChI is InChI=1S/C16H22BrNO5/c1-5-7-18-15(19)10(3)23-16(20)11-8-12(17)14(22-6-2)13(9-11)21-4/h8-10H,5-7H2,1-4H3,(H,18,19)/t10-/m0/s1. The number of esters is 1. The zero-order chi connectivity index (χ0) is 17.4. The van der Waals surface area contributed by atoms with Gasteiger partial charge in [0.05, 0.1) is 23.8 Å². The van der Waals surface area contributed by atoms with Gasteiger partial charge in [0.25, 0.3) is 5.91 Å². The number of hydrogen-bond donors (Lipinski definition) is 1. The molecule has 1 aromatic rings. The van der Waals surface area contributed by atoms with Crippen molar-refractivity contribution < 1.29 is 23.8 Å². The lowest BCUT2D eigenvalue weighted by Gasteiger charge is -2.15. The third kappa shape index (κ3) is 5.42. The molecule has 0 unspecified atom stereocenters. The molecule has 1 aromatic carbocycles. The summed E-state index contributed by atoms with van der Waals surface area (Å²) in [6.07, 6.45) is -0.0551. The summed E-state index contributed by atoms with van der Waals surface area (Å²) in [6.45, 7) is 6.34. The summed E-state index contributed by atoms with van der Waals surface area (Å²) < 4.78 is 16.5. The summed E-state index contributed by atoms with van der Waals surface area (Å²) in [7, 11) is 1.49. The number of carbonyl (C=O) groups excluding carboxylic acids is 2. The molecule has 1 N–H and O–H groups in total. The predicted molar refractivity (Wildman–Crippen MR) is 90.0 cm³/mol. The Labute approximate surface area is 144 Å². The minimum atomic E-state index is -0.870. The number of ether oxygens (including phenoxy) is 3. The second-order valence-electron chi connectivity index (χ2n) is 4.76. The average molecular weight is 388 g/mol. The topological polar surface area (TPSA) is 73.9 Å². The van der Waals surface area contributed by atoms with Crippen molar-refractivity contribution in [1.82, 2.24) is 5.32 Å². The molecule has 0 saturated heterocycles. The van der Waals surface area contributed by atoms with Crippen LogP contribution in [0, 0.1) is 0 Å². The van der Waals surface area contributed by atoms with E-state index in [0.717, 1.165) is 6.42 Å². The third-order valence-corrected chi connectivity index (χ3v) is 3.55. The second-order valence-corrected chi connectivity index (χ2v) is 5.62. The number of amides is 1. The molecule has 1 atom stereocenters. The van der Waals surface area contributed by atoms with Gasteiger partial charge in [-0.25, -0.2) is 4.79 Å². The van der Waals surface area contributed by atoms with Crippen LogP contribution in [-0.4, -0.2) is 38.2 Å². The van der Waals surface area contributed by atoms with Crippen molar-refractivity contribution in [2.24, 2.45) is 0 Å². The molecule has 0 aliphatic heterocycles. The highest BCUT2D eigenvalue weighted by Gasteiger charge is 2.21. The monoisotopic (exact) mass is 387 g/mol. The third-order valence-electron chi connectivity index (χ3n) is 2.96. The summed E-state index contributed by atoms with van der Waals surface area (Å²) in [6, 6.07) is 3.10. The molecule has 0 heterocycles. The van der Waals surface area contributed by atoms with E-state index in [1.165, 1.54) is 20.1 Å². The SMILES string of the molecule is CCCNC(=O)[C@H](C)OC(=O)c1cc(Br)c(OCC)c(OC)c1. The van der Waals surface area contributed by atoms with E-state index in [2.05, 4.69) is 21.2 Å². The van der Waals surface area contributed by atoms with Gasteiger partial charge >= 0.3 is 5.97 Å². The Bertz CT molecular complexity index is 562. The number of rotatable bonds is 8.